The van der Waals surface area contributed by atoms with Crippen molar-refractivity contribution < 1.29 is 19.1 Å². The minimum absolute atomic E-state index is 0.310. The molecule has 10 nitrogen and oxygen atoms in total. The van der Waals surface area contributed by atoms with Crippen LogP contribution in [0, 0.1) is 19.7 Å². The van der Waals surface area contributed by atoms with E-state index in [1.165, 1.54) is 12.1 Å². The smallest absolute Gasteiger partial charge is 0.320 e. The summed E-state index contributed by atoms with van der Waals surface area (Å²) in [6, 6.07) is 18.4. The molecule has 1 unspecified atom stereocenters. The second kappa shape index (κ2) is 13.3. The number of rotatable bonds is 9. The first-order valence-corrected chi connectivity index (χ1v) is 15.1. The first-order valence-electron chi connectivity index (χ1n) is 15.1. The van der Waals surface area contributed by atoms with Gasteiger partial charge < -0.3 is 20.3 Å². The number of nitrogens with zero attached hydrogens (tertiary/aromatic N) is 5. The van der Waals surface area contributed by atoms with Gasteiger partial charge in [0.2, 0.25) is 5.95 Å². The van der Waals surface area contributed by atoms with Gasteiger partial charge in [-0.25, -0.2) is 19.3 Å². The number of aliphatic carboxylic acids is 1. The summed E-state index contributed by atoms with van der Waals surface area (Å²) < 4.78 is 15.3. The van der Waals surface area contributed by atoms with Gasteiger partial charge in [0.05, 0.1) is 17.7 Å². The van der Waals surface area contributed by atoms with Gasteiger partial charge in [-0.1, -0.05) is 12.5 Å². The van der Waals surface area contributed by atoms with Gasteiger partial charge >= 0.3 is 5.97 Å². The molecule has 6 rings (SSSR count). The van der Waals surface area contributed by atoms with Gasteiger partial charge in [0.1, 0.15) is 11.9 Å². The third-order valence-electron chi connectivity index (χ3n) is 8.07. The maximum Gasteiger partial charge on any atom is 0.320 e. The summed E-state index contributed by atoms with van der Waals surface area (Å²) in [6.07, 6.45) is 7.68. The average Bonchev–Trinajstić information content (AvgIpc) is 3.49. The van der Waals surface area contributed by atoms with Gasteiger partial charge in [-0.2, -0.15) is 0 Å². The van der Waals surface area contributed by atoms with E-state index in [2.05, 4.69) is 25.6 Å². The summed E-state index contributed by atoms with van der Waals surface area (Å²) in [4.78, 5) is 40.8. The summed E-state index contributed by atoms with van der Waals surface area (Å²) in [5.74, 6) is -1.11. The number of carbonyl (C=O) groups is 2. The van der Waals surface area contributed by atoms with E-state index in [9.17, 15) is 19.1 Å². The lowest BCUT2D eigenvalue weighted by atomic mass is 10.0. The average molecular weight is 620 g/mol. The maximum atomic E-state index is 13.6. The van der Waals surface area contributed by atoms with Crippen LogP contribution in [0.2, 0.25) is 0 Å². The van der Waals surface area contributed by atoms with Crippen LogP contribution >= 0.6 is 0 Å². The van der Waals surface area contributed by atoms with Crippen molar-refractivity contribution in [1.29, 1.82) is 0 Å². The Bertz CT molecular complexity index is 1890. The second-order valence-electron chi connectivity index (χ2n) is 11.5. The zero-order valence-corrected chi connectivity index (χ0v) is 25.6. The van der Waals surface area contributed by atoms with Crippen LogP contribution in [0.5, 0.6) is 0 Å². The quantitative estimate of drug-likeness (QED) is 0.170. The molecule has 0 bridgehead atoms. The molecule has 0 saturated carbocycles. The predicted molar refractivity (Wildman–Crippen MR) is 174 cm³/mol. The topological polar surface area (TPSA) is 125 Å². The number of benzene rings is 3. The number of piperidine rings is 1. The molecule has 0 radical (unpaired) electrons. The molecule has 1 aliphatic heterocycles. The molecule has 1 amide bonds. The fourth-order valence-corrected chi connectivity index (χ4v) is 5.67. The van der Waals surface area contributed by atoms with Crippen molar-refractivity contribution >= 4 is 29.2 Å². The summed E-state index contributed by atoms with van der Waals surface area (Å²) in [6.45, 7) is 4.96. The van der Waals surface area contributed by atoms with Crippen molar-refractivity contribution in [2.24, 2.45) is 0 Å². The molecule has 0 aliphatic carbocycles. The zero-order chi connectivity index (χ0) is 32.2. The fraction of sp³-hybridized carbons (Fsp3) is 0.229. The summed E-state index contributed by atoms with van der Waals surface area (Å²) in [7, 11) is 0. The number of hydrogen-bond acceptors (Lipinski definition) is 7. The highest BCUT2D eigenvalue weighted by Gasteiger charge is 2.28. The number of carboxylic acids is 1. The van der Waals surface area contributed by atoms with E-state index in [0.717, 1.165) is 40.9 Å². The Morgan fingerprint density at radius 1 is 1.00 bits per heavy atom. The van der Waals surface area contributed by atoms with Crippen molar-refractivity contribution in [3.05, 3.63) is 114 Å². The molecule has 3 heterocycles. The SMILES string of the molecule is Cc1cn(-c2cc(CN3CCCCC3C(=O)O)cc(NC(=O)c3ccc(C)c(Nc4nccc(-c5ccc(F)cc5)n4)c3)c2)cn1. The molecular formula is C35H34FN7O3. The van der Waals surface area contributed by atoms with E-state index in [4.69, 9.17) is 0 Å². The number of carboxylic acid groups (broad SMARTS) is 1. The molecule has 0 spiro atoms. The highest BCUT2D eigenvalue weighted by molar-refractivity contribution is 6.05. The van der Waals surface area contributed by atoms with Gasteiger partial charge in [0.15, 0.2) is 0 Å². The van der Waals surface area contributed by atoms with Gasteiger partial charge in [-0.3, -0.25) is 14.5 Å². The van der Waals surface area contributed by atoms with Crippen LogP contribution < -0.4 is 10.6 Å². The minimum Gasteiger partial charge on any atom is -0.480 e. The summed E-state index contributed by atoms with van der Waals surface area (Å²) in [5, 5.41) is 16.0. The van der Waals surface area contributed by atoms with Gasteiger partial charge in [-0.05, 0) is 105 Å². The van der Waals surface area contributed by atoms with Crippen LogP contribution in [-0.2, 0) is 11.3 Å². The van der Waals surface area contributed by atoms with E-state index in [1.807, 2.05) is 53.8 Å². The highest BCUT2D eigenvalue weighted by atomic mass is 19.1. The number of anilines is 3. The molecule has 1 atom stereocenters. The lowest BCUT2D eigenvalue weighted by Gasteiger charge is -2.33. The van der Waals surface area contributed by atoms with E-state index in [1.54, 1.807) is 42.9 Å². The first kappa shape index (κ1) is 30.6. The Kier molecular flexibility index (Phi) is 8.84. The van der Waals surface area contributed by atoms with Crippen molar-refractivity contribution in [3.8, 4) is 16.9 Å². The third kappa shape index (κ3) is 7.10. The largest absolute Gasteiger partial charge is 0.480 e. The number of amides is 1. The molecule has 5 aromatic rings. The number of nitrogens with one attached hydrogen (secondary N) is 2. The van der Waals surface area contributed by atoms with E-state index in [-0.39, 0.29) is 11.7 Å². The van der Waals surface area contributed by atoms with Gasteiger partial charge in [-0.15, -0.1) is 0 Å². The lowest BCUT2D eigenvalue weighted by Crippen LogP contribution is -2.44. The Morgan fingerprint density at radius 3 is 2.59 bits per heavy atom. The molecule has 11 heteroatoms. The highest BCUT2D eigenvalue weighted by Crippen LogP contribution is 2.26. The van der Waals surface area contributed by atoms with Crippen molar-refractivity contribution in [1.82, 2.24) is 24.4 Å². The fourth-order valence-electron chi connectivity index (χ4n) is 5.67. The Morgan fingerprint density at radius 2 is 1.83 bits per heavy atom. The van der Waals surface area contributed by atoms with Crippen LogP contribution in [0.25, 0.3) is 16.9 Å². The van der Waals surface area contributed by atoms with Gasteiger partial charge in [0, 0.05) is 47.1 Å². The van der Waals surface area contributed by atoms with Crippen molar-refractivity contribution in [2.45, 2.75) is 45.7 Å². The van der Waals surface area contributed by atoms with E-state index in [0.29, 0.717) is 48.1 Å². The normalized spacial score (nSPS) is 15.0. The van der Waals surface area contributed by atoms with E-state index < -0.39 is 12.0 Å². The number of likely N-dealkylation sites (tertiary alicyclic amines) is 1. The Balaban J connectivity index is 1.24. The minimum atomic E-state index is -0.814. The summed E-state index contributed by atoms with van der Waals surface area (Å²) in [5.41, 5.74) is 6.49. The zero-order valence-electron chi connectivity index (χ0n) is 25.6. The first-order chi connectivity index (χ1) is 22.2. The standard InChI is InChI=1S/C35H34FN7O3/c1-22-6-7-26(17-31(22)41-35-37-13-12-30(40-35)25-8-10-27(36)11-9-25)33(44)39-28-15-24(16-29(18-28)43-19-23(2)38-21-43)20-42-14-4-3-5-32(42)34(45)46/h6-13,15-19,21,32H,3-5,14,20H2,1-2H3,(H,39,44)(H,45,46)(H,37,40,41). The molecule has 1 aliphatic rings. The second-order valence-corrected chi connectivity index (χ2v) is 11.5. The molecule has 1 fully saturated rings. The van der Waals surface area contributed by atoms with Crippen LogP contribution in [0.15, 0.2) is 85.5 Å². The molecule has 2 aromatic heterocycles. The molecule has 234 valence electrons. The third-order valence-corrected chi connectivity index (χ3v) is 8.07. The Hall–Kier alpha value is -5.42. The van der Waals surface area contributed by atoms with Crippen molar-refractivity contribution in [3.63, 3.8) is 0 Å². The molecule has 3 aromatic carbocycles. The van der Waals surface area contributed by atoms with Crippen LogP contribution in [0.1, 0.15) is 46.4 Å². The molecule has 3 N–H and O–H groups in total. The van der Waals surface area contributed by atoms with Gasteiger partial charge in [0.25, 0.3) is 5.91 Å². The van der Waals surface area contributed by atoms with Crippen LogP contribution in [0.4, 0.5) is 21.7 Å². The van der Waals surface area contributed by atoms with Crippen LogP contribution in [0.3, 0.4) is 0 Å². The maximum absolute atomic E-state index is 13.6. The monoisotopic (exact) mass is 619 g/mol. The summed E-state index contributed by atoms with van der Waals surface area (Å²) >= 11 is 0. The predicted octanol–water partition coefficient (Wildman–Crippen LogP) is 6.52. The number of halogens is 1. The number of aromatic nitrogens is 4. The number of carbonyl (C=O) groups excluding carboxylic acids is 1. The van der Waals surface area contributed by atoms with Crippen LogP contribution in [-0.4, -0.2) is 54.0 Å². The number of aryl methyl sites for hydroxylation is 2. The Labute approximate surface area is 266 Å². The number of hydrogen-bond donors (Lipinski definition) is 3. The lowest BCUT2D eigenvalue weighted by molar-refractivity contribution is -0.144. The number of imidazole rings is 1. The van der Waals surface area contributed by atoms with E-state index >= 15 is 0 Å². The van der Waals surface area contributed by atoms with Crippen molar-refractivity contribution in [2.75, 3.05) is 17.2 Å². The molecule has 46 heavy (non-hydrogen) atoms. The molecular weight excluding hydrogens is 585 g/mol. The molecule has 1 saturated heterocycles.